The Morgan fingerprint density at radius 3 is 1.73 bits per heavy atom. The number of furan rings is 1. The predicted molar refractivity (Wildman–Crippen MR) is 196 cm³/mol. The quantitative estimate of drug-likeness (QED) is 0.195. The highest BCUT2D eigenvalue weighted by Crippen LogP contribution is 2.63. The SMILES string of the molecule is c1ccc2c(c1)-c1ccccc1C21c2ccccc2-c2c(-c3cc(-c4cccc5oc6ccccc6c45)c4ccccc4n3)cccc21. The maximum absolute atomic E-state index is 6.34. The minimum atomic E-state index is -0.393. The topological polar surface area (TPSA) is 26.0 Å². The molecule has 222 valence electrons. The molecule has 0 atom stereocenters. The highest BCUT2D eigenvalue weighted by Gasteiger charge is 2.52. The number of fused-ring (bicyclic) bond motifs is 14. The normalized spacial score (nSPS) is 13.6. The number of benzene rings is 7. The van der Waals surface area contributed by atoms with Crippen molar-refractivity contribution in [1.82, 2.24) is 4.98 Å². The summed E-state index contributed by atoms with van der Waals surface area (Å²) in [4.78, 5) is 5.39. The summed E-state index contributed by atoms with van der Waals surface area (Å²) >= 11 is 0. The third-order valence-electron chi connectivity index (χ3n) is 10.7. The van der Waals surface area contributed by atoms with Gasteiger partial charge in [0, 0.05) is 21.7 Å². The molecule has 7 aromatic carbocycles. The van der Waals surface area contributed by atoms with Crippen molar-refractivity contribution < 1.29 is 4.42 Å². The van der Waals surface area contributed by atoms with E-state index in [2.05, 4.69) is 158 Å². The van der Waals surface area contributed by atoms with Crippen LogP contribution in [0.3, 0.4) is 0 Å². The lowest BCUT2D eigenvalue weighted by atomic mass is 9.70. The van der Waals surface area contributed by atoms with Crippen molar-refractivity contribution in [3.8, 4) is 44.6 Å². The number of pyridine rings is 1. The Balaban J connectivity index is 1.24. The molecule has 48 heavy (non-hydrogen) atoms. The van der Waals surface area contributed by atoms with Crippen molar-refractivity contribution in [2.45, 2.75) is 5.41 Å². The number of nitrogens with zero attached hydrogens (tertiary/aromatic N) is 1. The van der Waals surface area contributed by atoms with Crippen LogP contribution in [0.1, 0.15) is 22.3 Å². The Bertz CT molecular complexity index is 2760. The van der Waals surface area contributed by atoms with Gasteiger partial charge in [0.1, 0.15) is 11.2 Å². The molecular formula is C46H27NO. The molecular weight excluding hydrogens is 583 g/mol. The average Bonchev–Trinajstić information content (AvgIpc) is 3.79. The fourth-order valence-corrected chi connectivity index (χ4v) is 8.89. The second kappa shape index (κ2) is 9.40. The second-order valence-electron chi connectivity index (χ2n) is 13.0. The minimum absolute atomic E-state index is 0.393. The third kappa shape index (κ3) is 3.19. The van der Waals surface area contributed by atoms with Crippen LogP contribution in [0.25, 0.3) is 77.5 Å². The zero-order valence-electron chi connectivity index (χ0n) is 25.9. The summed E-state index contributed by atoms with van der Waals surface area (Å²) in [5, 5.41) is 3.39. The van der Waals surface area contributed by atoms with Crippen molar-refractivity contribution in [3.05, 3.63) is 186 Å². The molecule has 0 aliphatic heterocycles. The van der Waals surface area contributed by atoms with Crippen molar-refractivity contribution >= 4 is 32.8 Å². The van der Waals surface area contributed by atoms with E-state index in [1.54, 1.807) is 0 Å². The Kier molecular flexibility index (Phi) is 5.07. The van der Waals surface area contributed by atoms with Crippen LogP contribution >= 0.6 is 0 Å². The molecule has 0 bridgehead atoms. The average molecular weight is 610 g/mol. The molecule has 0 radical (unpaired) electrons. The van der Waals surface area contributed by atoms with Gasteiger partial charge in [0.15, 0.2) is 0 Å². The van der Waals surface area contributed by atoms with E-state index in [0.717, 1.165) is 55.2 Å². The Labute approximate surface area is 277 Å². The molecule has 0 amide bonds. The van der Waals surface area contributed by atoms with Gasteiger partial charge < -0.3 is 4.42 Å². The lowest BCUT2D eigenvalue weighted by molar-refractivity contribution is 0.669. The van der Waals surface area contributed by atoms with Gasteiger partial charge in [-0.05, 0) is 79.9 Å². The smallest absolute Gasteiger partial charge is 0.136 e. The Morgan fingerprint density at radius 2 is 0.938 bits per heavy atom. The second-order valence-corrected chi connectivity index (χ2v) is 13.0. The fourth-order valence-electron chi connectivity index (χ4n) is 8.89. The van der Waals surface area contributed by atoms with Crippen molar-refractivity contribution in [3.63, 3.8) is 0 Å². The van der Waals surface area contributed by atoms with Gasteiger partial charge in [-0.15, -0.1) is 0 Å². The van der Waals surface area contributed by atoms with Crippen LogP contribution in [0.5, 0.6) is 0 Å². The highest BCUT2D eigenvalue weighted by molar-refractivity contribution is 6.15. The van der Waals surface area contributed by atoms with E-state index in [1.165, 1.54) is 44.5 Å². The monoisotopic (exact) mass is 609 g/mol. The molecule has 2 heteroatoms. The number of hydrogen-bond donors (Lipinski definition) is 0. The summed E-state index contributed by atoms with van der Waals surface area (Å²) in [6.45, 7) is 0. The van der Waals surface area contributed by atoms with Crippen LogP contribution in [-0.2, 0) is 5.41 Å². The van der Waals surface area contributed by atoms with E-state index in [9.17, 15) is 0 Å². The number of aromatic nitrogens is 1. The molecule has 0 N–H and O–H groups in total. The first-order chi connectivity index (χ1) is 23.8. The summed E-state index contributed by atoms with van der Waals surface area (Å²) in [5.74, 6) is 0. The standard InChI is InChI=1S/C46H27NO/c1-6-20-36-28(13-1)29-14-2-7-21-37(29)46(36)38-22-8-3-16-32(38)44-33(19-11-23-39(44)46)41-27-35(30-15-4-9-24-40(30)47-41)31-18-12-26-43-45(31)34-17-5-10-25-42(34)48-43/h1-27H. The maximum Gasteiger partial charge on any atom is 0.136 e. The van der Waals surface area contributed by atoms with E-state index < -0.39 is 5.41 Å². The van der Waals surface area contributed by atoms with E-state index in [1.807, 2.05) is 6.07 Å². The van der Waals surface area contributed by atoms with Gasteiger partial charge in [0.05, 0.1) is 16.6 Å². The van der Waals surface area contributed by atoms with Gasteiger partial charge in [-0.1, -0.05) is 140 Å². The molecule has 0 unspecified atom stereocenters. The number of hydrogen-bond acceptors (Lipinski definition) is 2. The van der Waals surface area contributed by atoms with Crippen LogP contribution < -0.4 is 0 Å². The molecule has 2 aromatic heterocycles. The minimum Gasteiger partial charge on any atom is -0.456 e. The van der Waals surface area contributed by atoms with Gasteiger partial charge in [0.2, 0.25) is 0 Å². The van der Waals surface area contributed by atoms with E-state index >= 15 is 0 Å². The summed E-state index contributed by atoms with van der Waals surface area (Å²) < 4.78 is 6.34. The van der Waals surface area contributed by atoms with Crippen molar-refractivity contribution in [2.24, 2.45) is 0 Å². The molecule has 2 aliphatic rings. The zero-order valence-corrected chi connectivity index (χ0v) is 25.9. The highest BCUT2D eigenvalue weighted by atomic mass is 16.3. The summed E-state index contributed by atoms with van der Waals surface area (Å²) in [5.41, 5.74) is 17.3. The van der Waals surface area contributed by atoms with Gasteiger partial charge >= 0.3 is 0 Å². The van der Waals surface area contributed by atoms with E-state index in [-0.39, 0.29) is 0 Å². The number of rotatable bonds is 2. The first-order valence-corrected chi connectivity index (χ1v) is 16.6. The fraction of sp³-hybridized carbons (Fsp3) is 0.0217. The first-order valence-electron chi connectivity index (χ1n) is 16.6. The Hall–Kier alpha value is -6.25. The molecule has 0 saturated carbocycles. The third-order valence-corrected chi connectivity index (χ3v) is 10.7. The van der Waals surface area contributed by atoms with Crippen molar-refractivity contribution in [2.75, 3.05) is 0 Å². The zero-order chi connectivity index (χ0) is 31.4. The van der Waals surface area contributed by atoms with Crippen LogP contribution in [0, 0.1) is 0 Å². The van der Waals surface area contributed by atoms with E-state index in [0.29, 0.717) is 0 Å². The molecule has 0 saturated heterocycles. The molecule has 2 aliphatic carbocycles. The molecule has 0 fully saturated rings. The lowest BCUT2D eigenvalue weighted by Gasteiger charge is -2.30. The largest absolute Gasteiger partial charge is 0.456 e. The predicted octanol–water partition coefficient (Wildman–Crippen LogP) is 11.8. The number of para-hydroxylation sites is 2. The maximum atomic E-state index is 6.34. The Morgan fingerprint density at radius 1 is 0.396 bits per heavy atom. The molecule has 2 heterocycles. The summed E-state index contributed by atoms with van der Waals surface area (Å²) in [6.07, 6.45) is 0. The van der Waals surface area contributed by atoms with Crippen molar-refractivity contribution in [1.29, 1.82) is 0 Å². The molecule has 2 nitrogen and oxygen atoms in total. The van der Waals surface area contributed by atoms with Gasteiger partial charge in [-0.25, -0.2) is 4.98 Å². The van der Waals surface area contributed by atoms with Crippen LogP contribution in [0.4, 0.5) is 0 Å². The van der Waals surface area contributed by atoms with Gasteiger partial charge in [-0.3, -0.25) is 0 Å². The molecule has 9 aromatic rings. The van der Waals surface area contributed by atoms with Crippen LogP contribution in [-0.4, -0.2) is 4.98 Å². The van der Waals surface area contributed by atoms with Gasteiger partial charge in [0.25, 0.3) is 0 Å². The van der Waals surface area contributed by atoms with Crippen LogP contribution in [0.2, 0.25) is 0 Å². The van der Waals surface area contributed by atoms with E-state index in [4.69, 9.17) is 9.40 Å². The summed E-state index contributed by atoms with van der Waals surface area (Å²) in [7, 11) is 0. The first kappa shape index (κ1) is 25.9. The summed E-state index contributed by atoms with van der Waals surface area (Å²) in [6, 6.07) is 59.3. The van der Waals surface area contributed by atoms with Crippen LogP contribution in [0.15, 0.2) is 168 Å². The van der Waals surface area contributed by atoms with Gasteiger partial charge in [-0.2, -0.15) is 0 Å². The molecule has 11 rings (SSSR count). The lowest BCUT2D eigenvalue weighted by Crippen LogP contribution is -2.25. The molecule has 1 spiro atoms.